The van der Waals surface area contributed by atoms with Crippen molar-refractivity contribution in [1.29, 1.82) is 0 Å². The van der Waals surface area contributed by atoms with Crippen LogP contribution in [0.4, 0.5) is 0 Å². The highest BCUT2D eigenvalue weighted by atomic mass is 16.5. The Balaban J connectivity index is 1.45. The molecule has 3 rings (SSSR count). The van der Waals surface area contributed by atoms with Crippen LogP contribution < -0.4 is 0 Å². The van der Waals surface area contributed by atoms with E-state index in [1.165, 1.54) is 11.3 Å². The van der Waals surface area contributed by atoms with Crippen LogP contribution in [-0.2, 0) is 11.3 Å². The second-order valence-corrected chi connectivity index (χ2v) is 7.59. The Hall–Kier alpha value is -1.05. The molecular formula is C19H31N3O3. The number of rotatable bonds is 5. The maximum Gasteiger partial charge on any atom is 0.105 e. The summed E-state index contributed by atoms with van der Waals surface area (Å²) in [5, 5.41) is 20.0. The van der Waals surface area contributed by atoms with E-state index in [2.05, 4.69) is 27.8 Å². The molecule has 2 saturated heterocycles. The second kappa shape index (κ2) is 8.56. The van der Waals surface area contributed by atoms with Crippen LogP contribution in [-0.4, -0.2) is 83.1 Å². The molecule has 25 heavy (non-hydrogen) atoms. The monoisotopic (exact) mass is 349 g/mol. The average molecular weight is 349 g/mol. The number of likely N-dealkylation sites (N-methyl/N-ethyl adjacent to an activating group) is 1. The molecular weight excluding hydrogens is 318 g/mol. The van der Waals surface area contributed by atoms with E-state index in [4.69, 9.17) is 4.74 Å². The van der Waals surface area contributed by atoms with E-state index in [1.54, 1.807) is 0 Å². The molecule has 140 valence electrons. The lowest BCUT2D eigenvalue weighted by atomic mass is 9.94. The lowest BCUT2D eigenvalue weighted by Gasteiger charge is -2.40. The van der Waals surface area contributed by atoms with Gasteiger partial charge in [0.05, 0.1) is 31.1 Å². The first-order valence-electron chi connectivity index (χ1n) is 9.31. The highest BCUT2D eigenvalue weighted by molar-refractivity contribution is 5.17. The number of pyridine rings is 1. The van der Waals surface area contributed by atoms with E-state index in [1.807, 2.05) is 19.3 Å². The summed E-state index contributed by atoms with van der Waals surface area (Å²) in [5.74, 6) is 0.623. The van der Waals surface area contributed by atoms with Crippen LogP contribution in [0.3, 0.4) is 0 Å². The van der Waals surface area contributed by atoms with E-state index < -0.39 is 12.2 Å². The number of aromatic nitrogens is 1. The quantitative estimate of drug-likeness (QED) is 0.814. The Labute approximate surface area is 150 Å². The molecule has 2 fully saturated rings. The fourth-order valence-electron chi connectivity index (χ4n) is 3.92. The van der Waals surface area contributed by atoms with Crippen molar-refractivity contribution in [2.45, 2.75) is 44.6 Å². The van der Waals surface area contributed by atoms with Crippen LogP contribution in [0, 0.1) is 12.8 Å². The zero-order chi connectivity index (χ0) is 17.8. The molecule has 2 aliphatic rings. The Kier molecular flexibility index (Phi) is 6.41. The fourth-order valence-corrected chi connectivity index (χ4v) is 3.92. The number of likely N-dealkylation sites (tertiary alicyclic amines) is 1. The van der Waals surface area contributed by atoms with Gasteiger partial charge < -0.3 is 14.9 Å². The van der Waals surface area contributed by atoms with E-state index in [-0.39, 0.29) is 12.6 Å². The zero-order valence-electron chi connectivity index (χ0n) is 15.3. The highest BCUT2D eigenvalue weighted by Crippen LogP contribution is 2.22. The topological polar surface area (TPSA) is 69.1 Å². The summed E-state index contributed by atoms with van der Waals surface area (Å²) in [6.07, 6.45) is 2.69. The Morgan fingerprint density at radius 2 is 2.04 bits per heavy atom. The highest BCUT2D eigenvalue weighted by Gasteiger charge is 2.35. The van der Waals surface area contributed by atoms with Gasteiger partial charge in [-0.3, -0.25) is 14.8 Å². The molecule has 0 aliphatic carbocycles. The number of aryl methyl sites for hydroxylation is 1. The third kappa shape index (κ3) is 4.77. The third-order valence-electron chi connectivity index (χ3n) is 5.68. The molecule has 6 heteroatoms. The number of nitrogens with zero attached hydrogens (tertiary/aromatic N) is 3. The van der Waals surface area contributed by atoms with Crippen LogP contribution in [0.25, 0.3) is 0 Å². The van der Waals surface area contributed by atoms with Gasteiger partial charge in [0.1, 0.15) is 6.10 Å². The van der Waals surface area contributed by atoms with Gasteiger partial charge in [0.2, 0.25) is 0 Å². The van der Waals surface area contributed by atoms with Crippen molar-refractivity contribution in [3.63, 3.8) is 0 Å². The summed E-state index contributed by atoms with van der Waals surface area (Å²) < 4.78 is 5.40. The minimum Gasteiger partial charge on any atom is -0.389 e. The van der Waals surface area contributed by atoms with Crippen molar-refractivity contribution < 1.29 is 14.9 Å². The first kappa shape index (κ1) is 18.7. The summed E-state index contributed by atoms with van der Waals surface area (Å²) in [4.78, 5) is 9.14. The summed E-state index contributed by atoms with van der Waals surface area (Å²) in [7, 11) is 2.03. The van der Waals surface area contributed by atoms with Crippen molar-refractivity contribution in [1.82, 2.24) is 14.8 Å². The smallest absolute Gasteiger partial charge is 0.105 e. The molecule has 0 spiro atoms. The molecule has 0 amide bonds. The summed E-state index contributed by atoms with van der Waals surface area (Å²) in [6, 6.07) is 4.00. The summed E-state index contributed by atoms with van der Waals surface area (Å²) >= 11 is 0. The van der Waals surface area contributed by atoms with Crippen LogP contribution in [0.15, 0.2) is 18.3 Å². The van der Waals surface area contributed by atoms with E-state index in [0.29, 0.717) is 12.5 Å². The van der Waals surface area contributed by atoms with Crippen molar-refractivity contribution >= 4 is 0 Å². The van der Waals surface area contributed by atoms with Gasteiger partial charge in [-0.15, -0.1) is 0 Å². The Morgan fingerprint density at radius 3 is 2.76 bits per heavy atom. The molecule has 0 bridgehead atoms. The number of piperidine rings is 1. The number of aliphatic hydroxyl groups excluding tert-OH is 2. The lowest BCUT2D eigenvalue weighted by Crippen LogP contribution is -2.56. The van der Waals surface area contributed by atoms with Gasteiger partial charge in [0.15, 0.2) is 0 Å². The van der Waals surface area contributed by atoms with Crippen molar-refractivity contribution in [2.75, 3.05) is 39.9 Å². The summed E-state index contributed by atoms with van der Waals surface area (Å²) in [5.41, 5.74) is 2.43. The third-order valence-corrected chi connectivity index (χ3v) is 5.68. The van der Waals surface area contributed by atoms with Gasteiger partial charge in [-0.05, 0) is 57.5 Å². The Bertz CT molecular complexity index is 548. The minimum atomic E-state index is -0.773. The Morgan fingerprint density at radius 1 is 1.28 bits per heavy atom. The number of aliphatic hydroxyl groups is 2. The zero-order valence-corrected chi connectivity index (χ0v) is 15.3. The molecule has 0 saturated carbocycles. The molecule has 6 nitrogen and oxygen atoms in total. The molecule has 0 unspecified atom stereocenters. The maximum atomic E-state index is 10.2. The molecule has 3 heterocycles. The standard InChI is InChI=1S/C19H31N3O3/c1-14-4-3-7-20-16(14)11-22-8-5-15(6-9-22)10-21(2)17-12-25-13-18(23)19(17)24/h3-4,7,15,17-19,23-24H,5-6,8-13H2,1-2H3/t17-,18-,19+/m1/s1. The van der Waals surface area contributed by atoms with Crippen molar-refractivity contribution in [3.05, 3.63) is 29.6 Å². The predicted octanol–water partition coefficient (Wildman–Crippen LogP) is 0.654. The minimum absolute atomic E-state index is 0.113. The predicted molar refractivity (Wildman–Crippen MR) is 96.2 cm³/mol. The van der Waals surface area contributed by atoms with Gasteiger partial charge >= 0.3 is 0 Å². The summed E-state index contributed by atoms with van der Waals surface area (Å²) in [6.45, 7) is 6.88. The van der Waals surface area contributed by atoms with Crippen molar-refractivity contribution in [2.24, 2.45) is 5.92 Å². The number of ether oxygens (including phenoxy) is 1. The molecule has 2 aliphatic heterocycles. The number of hydrogen-bond acceptors (Lipinski definition) is 6. The van der Waals surface area contributed by atoms with Gasteiger partial charge in [-0.25, -0.2) is 0 Å². The molecule has 0 aromatic carbocycles. The normalized spacial score (nSPS) is 29.2. The average Bonchev–Trinajstić information content (AvgIpc) is 2.61. The maximum absolute atomic E-state index is 10.2. The molecule has 3 atom stereocenters. The molecule has 0 radical (unpaired) electrons. The first-order valence-corrected chi connectivity index (χ1v) is 9.31. The van der Waals surface area contributed by atoms with Gasteiger partial charge in [-0.2, -0.15) is 0 Å². The van der Waals surface area contributed by atoms with E-state index in [9.17, 15) is 10.2 Å². The van der Waals surface area contributed by atoms with E-state index in [0.717, 1.165) is 39.0 Å². The first-order chi connectivity index (χ1) is 12.0. The van der Waals surface area contributed by atoms with Gasteiger partial charge in [0.25, 0.3) is 0 Å². The largest absolute Gasteiger partial charge is 0.389 e. The number of hydrogen-bond donors (Lipinski definition) is 2. The fraction of sp³-hybridized carbons (Fsp3) is 0.737. The van der Waals surface area contributed by atoms with E-state index >= 15 is 0 Å². The van der Waals surface area contributed by atoms with Crippen LogP contribution in [0.1, 0.15) is 24.1 Å². The van der Waals surface area contributed by atoms with Crippen molar-refractivity contribution in [3.8, 4) is 0 Å². The van der Waals surface area contributed by atoms with Crippen LogP contribution in [0.5, 0.6) is 0 Å². The van der Waals surface area contributed by atoms with Gasteiger partial charge in [0, 0.05) is 19.3 Å². The molecule has 2 N–H and O–H groups in total. The van der Waals surface area contributed by atoms with Crippen LogP contribution >= 0.6 is 0 Å². The van der Waals surface area contributed by atoms with Gasteiger partial charge in [-0.1, -0.05) is 6.07 Å². The second-order valence-electron chi connectivity index (χ2n) is 7.59. The SMILES string of the molecule is Cc1cccnc1CN1CCC(CN(C)[C@@H]2COC[C@@H](O)[C@H]2O)CC1. The lowest BCUT2D eigenvalue weighted by molar-refractivity contribution is -0.130. The molecule has 1 aromatic heterocycles. The van der Waals surface area contributed by atoms with Crippen LogP contribution in [0.2, 0.25) is 0 Å². The molecule has 1 aromatic rings.